The van der Waals surface area contributed by atoms with Gasteiger partial charge in [0, 0.05) is 38.4 Å². The highest BCUT2D eigenvalue weighted by molar-refractivity contribution is 7.70. The molecule has 3 rings (SSSR count). The van der Waals surface area contributed by atoms with E-state index < -0.39 is 38.8 Å². The van der Waals surface area contributed by atoms with Crippen molar-refractivity contribution < 1.29 is 66.8 Å². The third kappa shape index (κ3) is 15.8. The molecule has 1 aromatic carbocycles. The van der Waals surface area contributed by atoms with Crippen molar-refractivity contribution in [2.24, 2.45) is 11.1 Å². The van der Waals surface area contributed by atoms with Crippen LogP contribution in [0.15, 0.2) is 18.2 Å². The molecule has 0 radical (unpaired) electrons. The molecule has 21 heteroatoms. The zero-order chi connectivity index (χ0) is 40.6. The Bertz CT molecular complexity index is 1650. The van der Waals surface area contributed by atoms with Crippen LogP contribution in [0.25, 0.3) is 5.69 Å². The number of rotatable bonds is 27. The van der Waals surface area contributed by atoms with E-state index in [1.807, 2.05) is 13.0 Å². The molecule has 0 unspecified atom stereocenters. The maximum Gasteiger partial charge on any atom is 0.341 e. The summed E-state index contributed by atoms with van der Waals surface area (Å²) in [6, 6.07) is 5.28. The molecule has 0 fully saturated rings. The Morgan fingerprint density at radius 3 is 1.87 bits per heavy atom. The molecule has 1 aromatic heterocycles. The Hall–Kier alpha value is -3.06. The number of ether oxygens (including phenoxy) is 5. The van der Waals surface area contributed by atoms with Gasteiger partial charge in [-0.1, -0.05) is 13.8 Å². The van der Waals surface area contributed by atoms with Gasteiger partial charge >= 0.3 is 15.2 Å². The minimum Gasteiger partial charge on any atom is -0.384 e. The Morgan fingerprint density at radius 2 is 1.36 bits per heavy atom. The molecule has 8 N–H and O–H groups in total. The number of fused-ring (bicyclic) bond motifs is 1. The number of nitrogens with two attached hydrogens (primary N) is 1. The first kappa shape index (κ1) is 46.3. The first-order chi connectivity index (χ1) is 25.9. The summed E-state index contributed by atoms with van der Waals surface area (Å²) in [5, 5.41) is 7.93. The molecule has 0 bridgehead atoms. The van der Waals surface area contributed by atoms with E-state index in [1.165, 1.54) is 0 Å². The monoisotopic (exact) mass is 819 g/mol. The van der Waals surface area contributed by atoms with Crippen LogP contribution < -0.4 is 16.4 Å². The lowest BCUT2D eigenvalue weighted by molar-refractivity contribution is -0.121. The van der Waals surface area contributed by atoms with Gasteiger partial charge in [0.1, 0.15) is 0 Å². The van der Waals surface area contributed by atoms with Gasteiger partial charge in [-0.2, -0.15) is 5.10 Å². The number of carbonyl (C=O) groups is 3. The first-order valence-corrected chi connectivity index (χ1v) is 21.3. The van der Waals surface area contributed by atoms with Gasteiger partial charge < -0.3 is 59.6 Å². The number of primary amides is 1. The largest absolute Gasteiger partial charge is 0.384 e. The average Bonchev–Trinajstić information content (AvgIpc) is 3.41. The van der Waals surface area contributed by atoms with E-state index in [2.05, 4.69) is 29.6 Å². The van der Waals surface area contributed by atoms with Gasteiger partial charge in [0.2, 0.25) is 5.91 Å². The Kier molecular flexibility index (Phi) is 18.6. The maximum absolute atomic E-state index is 12.8. The summed E-state index contributed by atoms with van der Waals surface area (Å²) < 4.78 is 51.7. The fourth-order valence-electron chi connectivity index (χ4n) is 5.83. The predicted octanol–water partition coefficient (Wildman–Crippen LogP) is 1.90. The van der Waals surface area contributed by atoms with E-state index in [0.29, 0.717) is 114 Å². The molecule has 55 heavy (non-hydrogen) atoms. The minimum atomic E-state index is -5.15. The summed E-state index contributed by atoms with van der Waals surface area (Å²) in [7, 11) is -10.3. The smallest absolute Gasteiger partial charge is 0.341 e. The number of aryl methyl sites for hydroxylation is 1. The topological polar surface area (TPSA) is 280 Å². The molecular formula is C34H55N5O14P2. The van der Waals surface area contributed by atoms with E-state index in [4.69, 9.17) is 49.0 Å². The fourth-order valence-corrected chi connectivity index (χ4v) is 8.21. The number of hydrogen-bond acceptors (Lipinski definition) is 12. The van der Waals surface area contributed by atoms with E-state index >= 15 is 0 Å². The van der Waals surface area contributed by atoms with Crippen molar-refractivity contribution in [1.29, 1.82) is 0 Å². The fraction of sp³-hybridized carbons (Fsp3) is 0.647. The lowest BCUT2D eigenvalue weighted by atomic mass is 9.75. The van der Waals surface area contributed by atoms with Crippen molar-refractivity contribution in [1.82, 2.24) is 15.1 Å². The van der Waals surface area contributed by atoms with Crippen molar-refractivity contribution in [3.63, 3.8) is 0 Å². The van der Waals surface area contributed by atoms with Gasteiger partial charge in [0.05, 0.1) is 87.5 Å². The van der Waals surface area contributed by atoms with Crippen LogP contribution in [0.5, 0.6) is 0 Å². The van der Waals surface area contributed by atoms with Crippen LogP contribution in [-0.2, 0) is 44.0 Å². The molecule has 1 aliphatic rings. The van der Waals surface area contributed by atoms with Crippen LogP contribution in [0.3, 0.4) is 0 Å². The molecule has 0 saturated carbocycles. The SMILES string of the molecule is Cc1nn(-c2ccc(C(N)=O)c(NCCCOCCOCCOCCOCCOCCCNC(=O)CC(P(=O)(O)O)P(=O)(O)O)c2)c2c1C(=O)CC(C)(C)C2. The predicted molar refractivity (Wildman–Crippen MR) is 201 cm³/mol. The molecule has 19 nitrogen and oxygen atoms in total. The normalized spacial score (nSPS) is 14.3. The lowest BCUT2D eigenvalue weighted by Gasteiger charge is -2.29. The molecular weight excluding hydrogens is 764 g/mol. The number of nitrogens with one attached hydrogen (secondary N) is 2. The van der Waals surface area contributed by atoms with Crippen LogP contribution in [0, 0.1) is 12.3 Å². The Labute approximate surface area is 320 Å². The van der Waals surface area contributed by atoms with Crippen molar-refractivity contribution >= 4 is 38.5 Å². The average molecular weight is 820 g/mol. The highest BCUT2D eigenvalue weighted by atomic mass is 31.2. The van der Waals surface area contributed by atoms with Gasteiger partial charge in [-0.15, -0.1) is 0 Å². The van der Waals surface area contributed by atoms with E-state index in [0.717, 1.165) is 11.4 Å². The molecule has 310 valence electrons. The van der Waals surface area contributed by atoms with Gasteiger partial charge in [-0.05, 0) is 49.8 Å². The maximum atomic E-state index is 12.8. The number of hydrogen-bond donors (Lipinski definition) is 7. The standard InChI is InChI=1S/C34H55N5O14P2/c1-24-32-28(22-34(2,3)23-29(32)40)39(38-24)25-6-7-26(33(35)42)27(20-25)36-8-4-10-49-12-14-51-16-18-53-19-17-52-15-13-50-11-5-9-37-30(41)21-31(54(43,44)45)55(46,47)48/h6-7,20,31,36H,4-5,8-19,21-23H2,1-3H3,(H2,35,42)(H,37,41)(H2,43,44,45)(H2,46,47,48). The number of carbonyl (C=O) groups excluding carboxylic acids is 3. The Morgan fingerprint density at radius 1 is 0.855 bits per heavy atom. The van der Waals surface area contributed by atoms with Gasteiger partial charge in [-0.3, -0.25) is 23.5 Å². The van der Waals surface area contributed by atoms with Crippen LogP contribution in [0.1, 0.15) is 71.6 Å². The number of aromatic nitrogens is 2. The van der Waals surface area contributed by atoms with Crippen LogP contribution in [0.2, 0.25) is 0 Å². The summed E-state index contributed by atoms with van der Waals surface area (Å²) in [5.74, 6) is -1.34. The zero-order valence-electron chi connectivity index (χ0n) is 31.6. The zero-order valence-corrected chi connectivity index (χ0v) is 33.4. The minimum absolute atomic E-state index is 0.0961. The molecule has 0 aliphatic heterocycles. The number of Topliss-reactive ketones (excluding diaryl/α,β-unsaturated/α-hetero) is 1. The van der Waals surface area contributed by atoms with Crippen LogP contribution in [-0.4, -0.2) is 132 Å². The summed E-state index contributed by atoms with van der Waals surface area (Å²) in [5.41, 5.74) is 9.39. The molecule has 1 aliphatic carbocycles. The Balaban J connectivity index is 1.17. The molecule has 2 amide bonds. The second-order valence-corrected chi connectivity index (χ2v) is 17.8. The second-order valence-electron chi connectivity index (χ2n) is 13.8. The van der Waals surface area contributed by atoms with Crippen molar-refractivity contribution in [2.45, 2.75) is 58.3 Å². The molecule has 2 aromatic rings. The molecule has 0 saturated heterocycles. The summed E-state index contributed by atoms with van der Waals surface area (Å²) in [4.78, 5) is 73.0. The van der Waals surface area contributed by atoms with Crippen LogP contribution >= 0.6 is 15.2 Å². The molecule has 0 atom stereocenters. The highest BCUT2D eigenvalue weighted by Gasteiger charge is 2.44. The number of ketones is 1. The summed E-state index contributed by atoms with van der Waals surface area (Å²) >= 11 is 0. The number of nitrogens with zero attached hydrogens (tertiary/aromatic N) is 2. The van der Waals surface area contributed by atoms with Crippen molar-refractivity contribution in [3.05, 3.63) is 40.7 Å². The van der Waals surface area contributed by atoms with Gasteiger partial charge in [-0.25, -0.2) is 4.68 Å². The third-order valence-electron chi connectivity index (χ3n) is 8.43. The third-order valence-corrected chi connectivity index (χ3v) is 12.2. The number of benzene rings is 1. The summed E-state index contributed by atoms with van der Waals surface area (Å²) in [6.45, 7) is 10.3. The van der Waals surface area contributed by atoms with Gasteiger partial charge in [0.15, 0.2) is 11.2 Å². The first-order valence-electron chi connectivity index (χ1n) is 18.0. The highest BCUT2D eigenvalue weighted by Crippen LogP contribution is 2.61. The van der Waals surface area contributed by atoms with Crippen molar-refractivity contribution in [2.75, 3.05) is 84.5 Å². The van der Waals surface area contributed by atoms with E-state index in [9.17, 15) is 23.5 Å². The van der Waals surface area contributed by atoms with E-state index in [1.54, 1.807) is 16.8 Å². The number of anilines is 1. The lowest BCUT2D eigenvalue weighted by Crippen LogP contribution is -2.29. The van der Waals surface area contributed by atoms with Crippen LogP contribution in [0.4, 0.5) is 5.69 Å². The van der Waals surface area contributed by atoms with E-state index in [-0.39, 0.29) is 24.3 Å². The molecule has 1 heterocycles. The van der Waals surface area contributed by atoms with Gasteiger partial charge in [0.25, 0.3) is 5.91 Å². The summed E-state index contributed by atoms with van der Waals surface area (Å²) in [6.07, 6.45) is 1.24. The second kappa shape index (κ2) is 22.0. The number of amides is 2. The quantitative estimate of drug-likeness (QED) is 0.0501. The van der Waals surface area contributed by atoms with Crippen molar-refractivity contribution in [3.8, 4) is 5.69 Å². The molecule has 0 spiro atoms.